The van der Waals surface area contributed by atoms with Crippen LogP contribution in [0.1, 0.15) is 25.8 Å². The molecule has 3 aromatic carbocycles. The Hall–Kier alpha value is -4.59. The first-order valence-electron chi connectivity index (χ1n) is 11.9. The molecule has 1 amide bonds. The van der Waals surface area contributed by atoms with E-state index in [9.17, 15) is 14.4 Å². The van der Waals surface area contributed by atoms with Crippen LogP contribution in [-0.2, 0) is 16.1 Å². The van der Waals surface area contributed by atoms with Crippen molar-refractivity contribution in [3.63, 3.8) is 0 Å². The topological polar surface area (TPSA) is 104 Å². The summed E-state index contributed by atoms with van der Waals surface area (Å²) in [5.74, 6) is -0.154. The van der Waals surface area contributed by atoms with Gasteiger partial charge < -0.3 is 23.9 Å². The number of rotatable bonds is 9. The van der Waals surface area contributed by atoms with E-state index in [4.69, 9.17) is 18.6 Å². The summed E-state index contributed by atoms with van der Waals surface area (Å²) in [7, 11) is 0. The molecule has 8 heteroatoms. The van der Waals surface area contributed by atoms with Crippen LogP contribution >= 0.6 is 0 Å². The number of esters is 1. The Bertz CT molecular complexity index is 1420. The lowest BCUT2D eigenvalue weighted by molar-refractivity contribution is -0.138. The number of nitrogens with one attached hydrogen (secondary N) is 1. The van der Waals surface area contributed by atoms with Crippen molar-refractivity contribution in [1.82, 2.24) is 5.32 Å². The van der Waals surface area contributed by atoms with E-state index < -0.39 is 18.1 Å². The Morgan fingerprint density at radius 1 is 0.946 bits per heavy atom. The van der Waals surface area contributed by atoms with E-state index in [1.54, 1.807) is 24.3 Å². The van der Waals surface area contributed by atoms with E-state index in [1.165, 1.54) is 24.5 Å². The maximum Gasteiger partial charge on any atom is 0.408 e. The van der Waals surface area contributed by atoms with Gasteiger partial charge in [0.05, 0.1) is 5.39 Å². The summed E-state index contributed by atoms with van der Waals surface area (Å²) in [6.45, 7) is 3.81. The van der Waals surface area contributed by atoms with Crippen molar-refractivity contribution in [3.05, 3.63) is 101 Å². The Morgan fingerprint density at radius 3 is 2.35 bits per heavy atom. The lowest BCUT2D eigenvalue weighted by atomic mass is 9.99. The highest BCUT2D eigenvalue weighted by Gasteiger charge is 2.28. The summed E-state index contributed by atoms with van der Waals surface area (Å²) in [6.07, 6.45) is 1.12. The Morgan fingerprint density at radius 2 is 1.65 bits per heavy atom. The van der Waals surface area contributed by atoms with Gasteiger partial charge in [0.15, 0.2) is 0 Å². The van der Waals surface area contributed by atoms with Crippen molar-refractivity contribution in [2.75, 3.05) is 0 Å². The molecule has 1 heterocycles. The van der Waals surface area contributed by atoms with E-state index in [2.05, 4.69) is 5.32 Å². The Kier molecular flexibility index (Phi) is 8.20. The minimum atomic E-state index is -0.933. The largest absolute Gasteiger partial charge is 0.460 e. The fourth-order valence-corrected chi connectivity index (χ4v) is 3.58. The molecule has 0 aliphatic carbocycles. The highest BCUT2D eigenvalue weighted by Crippen LogP contribution is 2.24. The second-order valence-corrected chi connectivity index (χ2v) is 8.49. The van der Waals surface area contributed by atoms with Crippen molar-refractivity contribution in [2.24, 2.45) is 5.92 Å². The number of fused-ring (bicyclic) bond motifs is 1. The van der Waals surface area contributed by atoms with Crippen LogP contribution in [0.4, 0.5) is 4.79 Å². The minimum absolute atomic E-state index is 0.0403. The number of carbonyl (C=O) groups is 2. The molecule has 0 fully saturated rings. The van der Waals surface area contributed by atoms with Gasteiger partial charge in [-0.1, -0.05) is 68.8 Å². The van der Waals surface area contributed by atoms with Crippen molar-refractivity contribution >= 4 is 23.0 Å². The summed E-state index contributed by atoms with van der Waals surface area (Å²) in [6, 6.07) is 21.6. The molecule has 0 aliphatic heterocycles. The summed E-state index contributed by atoms with van der Waals surface area (Å²) in [5.41, 5.74) is 0.699. The van der Waals surface area contributed by atoms with Crippen LogP contribution in [0.2, 0.25) is 0 Å². The van der Waals surface area contributed by atoms with Gasteiger partial charge >= 0.3 is 12.1 Å². The highest BCUT2D eigenvalue weighted by molar-refractivity contribution is 5.85. The summed E-state index contributed by atoms with van der Waals surface area (Å²) in [5, 5.41) is 2.88. The molecular formula is C29H27NO7. The van der Waals surface area contributed by atoms with Crippen LogP contribution in [-0.4, -0.2) is 18.1 Å². The van der Waals surface area contributed by atoms with Gasteiger partial charge in [-0.05, 0) is 35.7 Å². The van der Waals surface area contributed by atoms with Gasteiger partial charge in [0.1, 0.15) is 36.0 Å². The number of ether oxygens (including phenoxy) is 3. The summed E-state index contributed by atoms with van der Waals surface area (Å²) >= 11 is 0. The Balaban J connectivity index is 1.45. The summed E-state index contributed by atoms with van der Waals surface area (Å²) in [4.78, 5) is 38.2. The number of para-hydroxylation sites is 1. The maximum atomic E-state index is 13.0. The number of hydrogen-bond donors (Lipinski definition) is 1. The zero-order valence-electron chi connectivity index (χ0n) is 20.5. The summed E-state index contributed by atoms with van der Waals surface area (Å²) < 4.78 is 22.0. The molecule has 0 saturated carbocycles. The molecule has 0 unspecified atom stereocenters. The van der Waals surface area contributed by atoms with Crippen molar-refractivity contribution in [2.45, 2.75) is 32.9 Å². The number of hydrogen-bond acceptors (Lipinski definition) is 7. The van der Waals surface area contributed by atoms with E-state index in [-0.39, 0.29) is 40.4 Å². The zero-order valence-corrected chi connectivity index (χ0v) is 20.5. The quantitative estimate of drug-likeness (QED) is 0.227. The predicted octanol–water partition coefficient (Wildman–Crippen LogP) is 5.83. The van der Waals surface area contributed by atoms with Gasteiger partial charge in [0, 0.05) is 6.07 Å². The molecule has 190 valence electrons. The van der Waals surface area contributed by atoms with Gasteiger partial charge in [-0.2, -0.15) is 0 Å². The number of benzene rings is 3. The van der Waals surface area contributed by atoms with Gasteiger partial charge in [0.25, 0.3) is 0 Å². The molecule has 0 bridgehead atoms. The number of amides is 1. The molecule has 2 atom stereocenters. The average Bonchev–Trinajstić information content (AvgIpc) is 2.93. The first-order valence-corrected chi connectivity index (χ1v) is 11.9. The normalized spacial score (nSPS) is 12.4. The van der Waals surface area contributed by atoms with Gasteiger partial charge in [-0.25, -0.2) is 9.59 Å². The SMILES string of the molecule is CC[C@H](C)[C@H](NC(=O)OCc1ccccc1)C(=O)Oc1ccc2c(=O)c(Oc3ccccc3)coc2c1. The molecule has 0 spiro atoms. The van der Waals surface area contributed by atoms with Crippen LogP contribution in [0.3, 0.4) is 0 Å². The van der Waals surface area contributed by atoms with E-state index in [0.717, 1.165) is 5.56 Å². The van der Waals surface area contributed by atoms with Gasteiger partial charge in [-0.15, -0.1) is 0 Å². The van der Waals surface area contributed by atoms with Crippen LogP contribution in [0.25, 0.3) is 11.0 Å². The molecule has 4 aromatic rings. The zero-order chi connectivity index (χ0) is 26.2. The second kappa shape index (κ2) is 11.9. The third-order valence-corrected chi connectivity index (χ3v) is 5.86. The third-order valence-electron chi connectivity index (χ3n) is 5.86. The van der Waals surface area contributed by atoms with E-state index in [0.29, 0.717) is 12.2 Å². The molecule has 8 nitrogen and oxygen atoms in total. The third kappa shape index (κ3) is 6.55. The van der Waals surface area contributed by atoms with E-state index in [1.807, 2.05) is 50.2 Å². The fraction of sp³-hybridized carbons (Fsp3) is 0.207. The van der Waals surface area contributed by atoms with Crippen molar-refractivity contribution in [1.29, 1.82) is 0 Å². The van der Waals surface area contributed by atoms with Crippen molar-refractivity contribution < 1.29 is 28.2 Å². The van der Waals surface area contributed by atoms with Crippen LogP contribution < -0.4 is 20.2 Å². The molecule has 4 rings (SSSR count). The van der Waals surface area contributed by atoms with E-state index >= 15 is 0 Å². The van der Waals surface area contributed by atoms with Gasteiger partial charge in [0.2, 0.25) is 11.2 Å². The number of alkyl carbamates (subject to hydrolysis) is 1. The first kappa shape index (κ1) is 25.5. The van der Waals surface area contributed by atoms with Crippen LogP contribution in [0.5, 0.6) is 17.2 Å². The van der Waals surface area contributed by atoms with Gasteiger partial charge in [-0.3, -0.25) is 4.79 Å². The first-order chi connectivity index (χ1) is 17.9. The molecule has 0 radical (unpaired) electrons. The minimum Gasteiger partial charge on any atom is -0.460 e. The molecule has 0 aliphatic rings. The van der Waals surface area contributed by atoms with Crippen LogP contribution in [0.15, 0.2) is 94.3 Å². The Labute approximate surface area is 213 Å². The average molecular weight is 502 g/mol. The lowest BCUT2D eigenvalue weighted by Gasteiger charge is -2.22. The predicted molar refractivity (Wildman–Crippen MR) is 138 cm³/mol. The monoisotopic (exact) mass is 501 g/mol. The molecule has 37 heavy (non-hydrogen) atoms. The fourth-order valence-electron chi connectivity index (χ4n) is 3.58. The lowest BCUT2D eigenvalue weighted by Crippen LogP contribution is -2.47. The smallest absolute Gasteiger partial charge is 0.408 e. The standard InChI is InChI=1S/C29H27NO7/c1-3-19(2)26(30-29(33)35-17-20-10-6-4-7-11-20)28(32)37-22-14-15-23-24(16-22)34-18-25(27(23)31)36-21-12-8-5-9-13-21/h4-16,18-19,26H,3,17H2,1-2H3,(H,30,33)/t19-,26-/m0/s1. The molecular weight excluding hydrogens is 474 g/mol. The molecule has 1 aromatic heterocycles. The molecule has 0 saturated heterocycles. The highest BCUT2D eigenvalue weighted by atomic mass is 16.6. The van der Waals surface area contributed by atoms with Crippen LogP contribution in [0, 0.1) is 5.92 Å². The van der Waals surface area contributed by atoms with Crippen molar-refractivity contribution in [3.8, 4) is 17.2 Å². The second-order valence-electron chi connectivity index (χ2n) is 8.49. The maximum absolute atomic E-state index is 13.0. The molecule has 1 N–H and O–H groups in total. The number of carbonyl (C=O) groups excluding carboxylic acids is 2.